The Labute approximate surface area is 183 Å². The van der Waals surface area contributed by atoms with E-state index in [4.69, 9.17) is 13.9 Å². The van der Waals surface area contributed by atoms with Gasteiger partial charge in [-0.1, -0.05) is 78.2 Å². The van der Waals surface area contributed by atoms with Gasteiger partial charge < -0.3 is 13.9 Å². The lowest BCUT2D eigenvalue weighted by Gasteiger charge is -2.40. The molecule has 4 atom stereocenters. The zero-order valence-electron chi connectivity index (χ0n) is 20.9. The Balaban J connectivity index is 2.74. The lowest BCUT2D eigenvalue weighted by molar-refractivity contribution is -0.166. The van der Waals surface area contributed by atoms with Crippen LogP contribution in [0.4, 0.5) is 0 Å². The largest absolute Gasteiger partial charge is 0.410 e. The van der Waals surface area contributed by atoms with Gasteiger partial charge >= 0.3 is 0 Å². The quantitative estimate of drug-likeness (QED) is 0.266. The van der Waals surface area contributed by atoms with E-state index in [1.165, 1.54) is 6.42 Å². The maximum absolute atomic E-state index is 6.82. The highest BCUT2D eigenvalue weighted by atomic mass is 28.4. The topological polar surface area (TPSA) is 27.7 Å². The molecule has 1 aliphatic rings. The van der Waals surface area contributed by atoms with E-state index in [1.807, 2.05) is 0 Å². The standard InChI is InChI=1S/C24H48O3Si2/c1-20(19-26-23-13-11-12-17-25-23)14-15-21(2)22(16-18-28(6,7)8)27-29(9,10)24(3,4)5/h14-16,18,20-23H,11-13,17,19H2,1-10H3/b15-14?,18-16+/t20-,21-,22-,23?/m1/s1. The van der Waals surface area contributed by atoms with Crippen LogP contribution in [-0.2, 0) is 13.9 Å². The van der Waals surface area contributed by atoms with Crippen LogP contribution in [0.1, 0.15) is 53.9 Å². The Bertz CT molecular complexity index is 523. The molecule has 1 saturated heterocycles. The third-order valence-corrected chi connectivity index (χ3v) is 11.6. The van der Waals surface area contributed by atoms with Crippen LogP contribution in [-0.4, -0.2) is 42.0 Å². The Kier molecular flexibility index (Phi) is 10.6. The van der Waals surface area contributed by atoms with Gasteiger partial charge in [-0.15, -0.1) is 0 Å². The van der Waals surface area contributed by atoms with Crippen LogP contribution >= 0.6 is 0 Å². The maximum atomic E-state index is 6.82. The van der Waals surface area contributed by atoms with E-state index in [-0.39, 0.29) is 17.4 Å². The van der Waals surface area contributed by atoms with Crippen molar-refractivity contribution in [3.63, 3.8) is 0 Å². The second-order valence-electron chi connectivity index (χ2n) is 11.4. The lowest BCUT2D eigenvalue weighted by atomic mass is 10.0. The lowest BCUT2D eigenvalue weighted by Crippen LogP contribution is -2.45. The summed E-state index contributed by atoms with van der Waals surface area (Å²) in [6, 6.07) is 0. The highest BCUT2D eigenvalue weighted by Gasteiger charge is 2.39. The highest BCUT2D eigenvalue weighted by molar-refractivity contribution is 6.81. The summed E-state index contributed by atoms with van der Waals surface area (Å²) in [7, 11) is -3.10. The van der Waals surface area contributed by atoms with Gasteiger partial charge in [-0.25, -0.2) is 0 Å². The molecule has 1 rings (SSSR count). The van der Waals surface area contributed by atoms with Gasteiger partial charge in [0.25, 0.3) is 0 Å². The van der Waals surface area contributed by atoms with Gasteiger partial charge in [0.05, 0.1) is 20.8 Å². The fraction of sp³-hybridized carbons (Fsp3) is 0.833. The van der Waals surface area contributed by atoms with Crippen molar-refractivity contribution in [1.82, 2.24) is 0 Å². The van der Waals surface area contributed by atoms with Crippen molar-refractivity contribution in [3.8, 4) is 0 Å². The molecule has 0 saturated carbocycles. The average molecular weight is 441 g/mol. The molecule has 0 amide bonds. The summed E-state index contributed by atoms with van der Waals surface area (Å²) < 4.78 is 18.4. The number of rotatable bonds is 10. The van der Waals surface area contributed by atoms with Gasteiger partial charge in [-0.2, -0.15) is 0 Å². The van der Waals surface area contributed by atoms with Gasteiger partial charge in [0.15, 0.2) is 14.6 Å². The molecular weight excluding hydrogens is 392 g/mol. The van der Waals surface area contributed by atoms with Crippen molar-refractivity contribution in [2.45, 2.75) is 104 Å². The second kappa shape index (κ2) is 11.4. The number of hydrogen-bond donors (Lipinski definition) is 0. The van der Waals surface area contributed by atoms with E-state index in [0.29, 0.717) is 18.4 Å². The Morgan fingerprint density at radius 1 is 1.00 bits per heavy atom. The summed E-state index contributed by atoms with van der Waals surface area (Å²) in [6.45, 7) is 24.8. The predicted octanol–water partition coefficient (Wildman–Crippen LogP) is 7.18. The van der Waals surface area contributed by atoms with Crippen LogP contribution in [0.15, 0.2) is 23.9 Å². The van der Waals surface area contributed by atoms with Crippen LogP contribution in [0.2, 0.25) is 37.8 Å². The van der Waals surface area contributed by atoms with E-state index in [1.54, 1.807) is 0 Å². The molecule has 0 N–H and O–H groups in total. The van der Waals surface area contributed by atoms with Crippen molar-refractivity contribution >= 4 is 16.4 Å². The number of hydrogen-bond acceptors (Lipinski definition) is 3. The zero-order valence-corrected chi connectivity index (χ0v) is 22.9. The van der Waals surface area contributed by atoms with E-state index in [9.17, 15) is 0 Å². The zero-order chi connectivity index (χ0) is 22.3. The second-order valence-corrected chi connectivity index (χ2v) is 21.2. The van der Waals surface area contributed by atoms with E-state index in [0.717, 1.165) is 19.4 Å². The molecule has 1 heterocycles. The van der Waals surface area contributed by atoms with Crippen LogP contribution in [0.5, 0.6) is 0 Å². The van der Waals surface area contributed by atoms with E-state index < -0.39 is 16.4 Å². The van der Waals surface area contributed by atoms with Gasteiger partial charge in [-0.3, -0.25) is 0 Å². The van der Waals surface area contributed by atoms with Crippen molar-refractivity contribution in [1.29, 1.82) is 0 Å². The third kappa shape index (κ3) is 10.6. The molecule has 0 aliphatic carbocycles. The van der Waals surface area contributed by atoms with Crippen LogP contribution < -0.4 is 0 Å². The Morgan fingerprint density at radius 3 is 2.17 bits per heavy atom. The first kappa shape index (κ1) is 26.8. The molecule has 29 heavy (non-hydrogen) atoms. The molecule has 0 spiro atoms. The van der Waals surface area contributed by atoms with Crippen molar-refractivity contribution in [2.75, 3.05) is 13.2 Å². The molecule has 0 aromatic heterocycles. The van der Waals surface area contributed by atoms with E-state index >= 15 is 0 Å². The van der Waals surface area contributed by atoms with Crippen LogP contribution in [0, 0.1) is 11.8 Å². The van der Waals surface area contributed by atoms with Crippen LogP contribution in [0.3, 0.4) is 0 Å². The van der Waals surface area contributed by atoms with Gasteiger partial charge in [-0.05, 0) is 43.3 Å². The molecular formula is C24H48O3Si2. The SMILES string of the molecule is C[C@H](C=C[C@@H](C)[C@@H](/C=C/[Si](C)(C)C)O[Si](C)(C)C(C)(C)C)COC1CCCCO1. The normalized spacial score (nSPS) is 22.9. The Hall–Kier alpha value is -0.206. The molecule has 5 heteroatoms. The molecule has 1 fully saturated rings. The summed E-state index contributed by atoms with van der Waals surface area (Å²) in [5.74, 6) is 0.711. The summed E-state index contributed by atoms with van der Waals surface area (Å²) in [5.41, 5.74) is 2.43. The summed E-state index contributed by atoms with van der Waals surface area (Å²) in [6.07, 6.45) is 10.5. The van der Waals surface area contributed by atoms with Gasteiger partial charge in [0, 0.05) is 12.5 Å². The predicted molar refractivity (Wildman–Crippen MR) is 132 cm³/mol. The summed E-state index contributed by atoms with van der Waals surface area (Å²) in [4.78, 5) is 0. The monoisotopic (exact) mass is 440 g/mol. The van der Waals surface area contributed by atoms with Crippen molar-refractivity contribution < 1.29 is 13.9 Å². The minimum Gasteiger partial charge on any atom is -0.410 e. The summed E-state index contributed by atoms with van der Waals surface area (Å²) >= 11 is 0. The van der Waals surface area contributed by atoms with Gasteiger partial charge in [0.1, 0.15) is 0 Å². The van der Waals surface area contributed by atoms with Crippen molar-refractivity contribution in [2.24, 2.45) is 11.8 Å². The fourth-order valence-corrected chi connectivity index (χ4v) is 4.95. The number of ether oxygens (including phenoxy) is 2. The molecule has 0 aromatic carbocycles. The van der Waals surface area contributed by atoms with Crippen LogP contribution in [0.25, 0.3) is 0 Å². The highest BCUT2D eigenvalue weighted by Crippen LogP contribution is 2.38. The average Bonchev–Trinajstić information content (AvgIpc) is 2.60. The molecule has 170 valence electrons. The first-order chi connectivity index (χ1) is 13.2. The fourth-order valence-electron chi connectivity index (χ4n) is 2.85. The minimum absolute atomic E-state index is 0.00799. The third-order valence-electron chi connectivity index (χ3n) is 5.97. The Morgan fingerprint density at radius 2 is 1.66 bits per heavy atom. The van der Waals surface area contributed by atoms with E-state index in [2.05, 4.69) is 91.3 Å². The molecule has 0 bridgehead atoms. The summed E-state index contributed by atoms with van der Waals surface area (Å²) in [5, 5.41) is 0.211. The van der Waals surface area contributed by atoms with Crippen molar-refractivity contribution in [3.05, 3.63) is 23.9 Å². The minimum atomic E-state index is -1.83. The molecule has 1 unspecified atom stereocenters. The smallest absolute Gasteiger partial charge is 0.192 e. The maximum Gasteiger partial charge on any atom is 0.192 e. The first-order valence-electron chi connectivity index (χ1n) is 11.5. The van der Waals surface area contributed by atoms with Gasteiger partial charge in [0.2, 0.25) is 0 Å². The molecule has 1 aliphatic heterocycles. The molecule has 3 nitrogen and oxygen atoms in total. The molecule has 0 radical (unpaired) electrons. The molecule has 0 aromatic rings. The first-order valence-corrected chi connectivity index (χ1v) is 18.0.